The molecule has 7 nitrogen and oxygen atoms in total. The quantitative estimate of drug-likeness (QED) is 0.459. The van der Waals surface area contributed by atoms with E-state index < -0.39 is 0 Å². The number of ether oxygens (including phenoxy) is 2. The highest BCUT2D eigenvalue weighted by Crippen LogP contribution is 2.28. The number of para-hydroxylation sites is 1. The Morgan fingerprint density at radius 2 is 1.97 bits per heavy atom. The van der Waals surface area contributed by atoms with Crippen molar-refractivity contribution < 1.29 is 19.1 Å². The van der Waals surface area contributed by atoms with Crippen molar-refractivity contribution in [2.45, 2.75) is 25.5 Å². The molecule has 1 fully saturated rings. The zero-order valence-corrected chi connectivity index (χ0v) is 21.1. The van der Waals surface area contributed by atoms with Crippen LogP contribution in [0.25, 0.3) is 0 Å². The van der Waals surface area contributed by atoms with E-state index in [-0.39, 0.29) is 17.9 Å². The summed E-state index contributed by atoms with van der Waals surface area (Å²) < 4.78 is 11.2. The average molecular weight is 494 g/mol. The molecule has 3 aromatic rings. The Morgan fingerprint density at radius 3 is 2.66 bits per heavy atom. The first-order valence-electron chi connectivity index (χ1n) is 11.6. The predicted octanol–water partition coefficient (Wildman–Crippen LogP) is 4.90. The Labute approximate surface area is 210 Å². The van der Waals surface area contributed by atoms with Crippen molar-refractivity contribution in [1.82, 2.24) is 4.90 Å². The first-order valence-corrected chi connectivity index (χ1v) is 12.5. The van der Waals surface area contributed by atoms with E-state index >= 15 is 0 Å². The summed E-state index contributed by atoms with van der Waals surface area (Å²) in [5.41, 5.74) is 3.04. The lowest BCUT2D eigenvalue weighted by molar-refractivity contribution is 0.0511. The highest BCUT2D eigenvalue weighted by molar-refractivity contribution is 7.12. The van der Waals surface area contributed by atoms with Crippen molar-refractivity contribution in [3.63, 3.8) is 0 Å². The summed E-state index contributed by atoms with van der Waals surface area (Å²) in [7, 11) is 5.48. The van der Waals surface area contributed by atoms with E-state index in [1.807, 2.05) is 65.7 Å². The number of anilines is 2. The third-order valence-corrected chi connectivity index (χ3v) is 6.86. The molecule has 2 amide bonds. The number of carbonyl (C=O) groups is 2. The minimum Gasteiger partial charge on any atom is -0.496 e. The fraction of sp³-hybridized carbons (Fsp3) is 0.333. The number of hydrogen-bond donors (Lipinski definition) is 1. The number of amides is 2. The standard InChI is InChI=1S/C27H31N3O4S/c1-29(2)23-13-12-20(28-26(31)22-9-4-5-10-24(22)33-3)16-19(23)17-30(18-21-8-6-14-34-21)27(32)25-11-7-15-35-25/h4-5,7,9-13,15-16,21H,6,8,14,17-18H2,1-3H3,(H,28,31). The molecule has 4 rings (SSSR count). The van der Waals surface area contributed by atoms with Crippen LogP contribution < -0.4 is 15.0 Å². The molecule has 0 aliphatic carbocycles. The molecular formula is C27H31N3O4S. The molecule has 2 aromatic carbocycles. The summed E-state index contributed by atoms with van der Waals surface area (Å²) in [5, 5.41) is 4.89. The Morgan fingerprint density at radius 1 is 1.14 bits per heavy atom. The molecule has 35 heavy (non-hydrogen) atoms. The number of methoxy groups -OCH3 is 1. The van der Waals surface area contributed by atoms with Crippen LogP contribution in [0.3, 0.4) is 0 Å². The molecule has 1 aliphatic heterocycles. The van der Waals surface area contributed by atoms with E-state index in [1.165, 1.54) is 11.3 Å². The van der Waals surface area contributed by atoms with Gasteiger partial charge in [-0.25, -0.2) is 0 Å². The molecular weight excluding hydrogens is 462 g/mol. The highest BCUT2D eigenvalue weighted by Gasteiger charge is 2.25. The number of benzene rings is 2. The fourth-order valence-electron chi connectivity index (χ4n) is 4.27. The zero-order valence-electron chi connectivity index (χ0n) is 20.3. The molecule has 0 saturated carbocycles. The molecule has 0 radical (unpaired) electrons. The number of nitrogens with zero attached hydrogens (tertiary/aromatic N) is 2. The smallest absolute Gasteiger partial charge is 0.264 e. The Kier molecular flexibility index (Phi) is 8.05. The van der Waals surface area contributed by atoms with Gasteiger partial charge in [0.2, 0.25) is 0 Å². The van der Waals surface area contributed by atoms with Crippen LogP contribution in [-0.2, 0) is 11.3 Å². The van der Waals surface area contributed by atoms with Gasteiger partial charge in [0, 0.05) is 45.2 Å². The largest absolute Gasteiger partial charge is 0.496 e. The molecule has 1 aliphatic rings. The second-order valence-electron chi connectivity index (χ2n) is 8.69. The van der Waals surface area contributed by atoms with Crippen molar-refractivity contribution in [1.29, 1.82) is 0 Å². The molecule has 8 heteroatoms. The van der Waals surface area contributed by atoms with E-state index in [0.717, 1.165) is 30.7 Å². The van der Waals surface area contributed by atoms with Gasteiger partial charge in [-0.05, 0) is 60.2 Å². The minimum absolute atomic E-state index is 0.0105. The monoisotopic (exact) mass is 493 g/mol. The molecule has 1 aromatic heterocycles. The number of carbonyl (C=O) groups excluding carboxylic acids is 2. The van der Waals surface area contributed by atoms with Crippen LogP contribution in [0.4, 0.5) is 11.4 Å². The van der Waals surface area contributed by atoms with Crippen molar-refractivity contribution >= 4 is 34.5 Å². The van der Waals surface area contributed by atoms with Crippen LogP contribution in [0, 0.1) is 0 Å². The van der Waals surface area contributed by atoms with Crippen LogP contribution in [0.5, 0.6) is 5.75 Å². The van der Waals surface area contributed by atoms with Gasteiger partial charge in [-0.3, -0.25) is 9.59 Å². The van der Waals surface area contributed by atoms with E-state index in [1.54, 1.807) is 25.3 Å². The summed E-state index contributed by atoms with van der Waals surface area (Å²) in [6.45, 7) is 1.67. The summed E-state index contributed by atoms with van der Waals surface area (Å²) in [6, 6.07) is 16.6. The maximum absolute atomic E-state index is 13.4. The maximum Gasteiger partial charge on any atom is 0.264 e. The molecule has 1 saturated heterocycles. The summed E-state index contributed by atoms with van der Waals surface area (Å²) in [5.74, 6) is 0.250. The normalized spacial score (nSPS) is 15.0. The molecule has 1 atom stereocenters. The van der Waals surface area contributed by atoms with Gasteiger partial charge in [0.15, 0.2) is 0 Å². The SMILES string of the molecule is COc1ccccc1C(=O)Nc1ccc(N(C)C)c(CN(CC2CCCO2)C(=O)c2cccs2)c1. The Bertz CT molecular complexity index is 1160. The van der Waals surface area contributed by atoms with E-state index in [9.17, 15) is 9.59 Å². The van der Waals surface area contributed by atoms with Gasteiger partial charge in [0.1, 0.15) is 5.75 Å². The van der Waals surface area contributed by atoms with Crippen LogP contribution in [0.15, 0.2) is 60.0 Å². The topological polar surface area (TPSA) is 71.1 Å². The van der Waals surface area contributed by atoms with Crippen molar-refractivity contribution in [2.75, 3.05) is 44.6 Å². The van der Waals surface area contributed by atoms with Crippen LogP contribution >= 0.6 is 11.3 Å². The van der Waals surface area contributed by atoms with Gasteiger partial charge in [0.25, 0.3) is 11.8 Å². The molecule has 2 heterocycles. The van der Waals surface area contributed by atoms with Crippen molar-refractivity contribution in [3.8, 4) is 5.75 Å². The zero-order chi connectivity index (χ0) is 24.8. The molecule has 1 unspecified atom stereocenters. The first-order chi connectivity index (χ1) is 17.0. The van der Waals surface area contributed by atoms with Gasteiger partial charge >= 0.3 is 0 Å². The van der Waals surface area contributed by atoms with Gasteiger partial charge < -0.3 is 24.6 Å². The first kappa shape index (κ1) is 24.8. The van der Waals surface area contributed by atoms with Gasteiger partial charge in [-0.2, -0.15) is 0 Å². The molecule has 0 bridgehead atoms. The highest BCUT2D eigenvalue weighted by atomic mass is 32.1. The summed E-state index contributed by atoms with van der Waals surface area (Å²) in [6.07, 6.45) is 2.00. The Balaban J connectivity index is 1.61. The van der Waals surface area contributed by atoms with Crippen LogP contribution in [0.1, 0.15) is 38.4 Å². The number of thiophene rings is 1. The summed E-state index contributed by atoms with van der Waals surface area (Å²) in [4.78, 5) is 30.9. The molecule has 1 N–H and O–H groups in total. The number of hydrogen-bond acceptors (Lipinski definition) is 6. The van der Waals surface area contributed by atoms with Crippen molar-refractivity contribution in [3.05, 3.63) is 76.0 Å². The van der Waals surface area contributed by atoms with Crippen LogP contribution in [0.2, 0.25) is 0 Å². The lowest BCUT2D eigenvalue weighted by atomic mass is 10.1. The van der Waals surface area contributed by atoms with Crippen molar-refractivity contribution in [2.24, 2.45) is 0 Å². The predicted molar refractivity (Wildman–Crippen MR) is 140 cm³/mol. The minimum atomic E-state index is -0.253. The van der Waals surface area contributed by atoms with Gasteiger partial charge in [-0.1, -0.05) is 18.2 Å². The second kappa shape index (κ2) is 11.4. The molecule has 184 valence electrons. The number of rotatable bonds is 9. The third-order valence-electron chi connectivity index (χ3n) is 6.00. The Hall–Kier alpha value is -3.36. The lowest BCUT2D eigenvalue weighted by Crippen LogP contribution is -2.37. The number of nitrogens with one attached hydrogen (secondary N) is 1. The third kappa shape index (κ3) is 6.01. The summed E-state index contributed by atoms with van der Waals surface area (Å²) >= 11 is 1.44. The fourth-order valence-corrected chi connectivity index (χ4v) is 4.96. The van der Waals surface area contributed by atoms with Gasteiger partial charge in [-0.15, -0.1) is 11.3 Å². The average Bonchev–Trinajstić information content (AvgIpc) is 3.58. The van der Waals surface area contributed by atoms with E-state index in [4.69, 9.17) is 9.47 Å². The van der Waals surface area contributed by atoms with Crippen LogP contribution in [-0.4, -0.2) is 57.2 Å². The van der Waals surface area contributed by atoms with E-state index in [2.05, 4.69) is 5.32 Å². The lowest BCUT2D eigenvalue weighted by Gasteiger charge is -2.28. The van der Waals surface area contributed by atoms with Gasteiger partial charge in [0.05, 0.1) is 23.7 Å². The van der Waals surface area contributed by atoms with E-state index in [0.29, 0.717) is 35.0 Å². The molecule has 0 spiro atoms. The maximum atomic E-state index is 13.4. The second-order valence-corrected chi connectivity index (χ2v) is 9.64.